The van der Waals surface area contributed by atoms with Crippen molar-refractivity contribution >= 4 is 28.7 Å². The molecular weight excluding hydrogens is 473 g/mol. The van der Waals surface area contributed by atoms with E-state index in [4.69, 9.17) is 10.8 Å². The second-order valence-corrected chi connectivity index (χ2v) is 9.26. The van der Waals surface area contributed by atoms with Crippen LogP contribution in [0.15, 0.2) is 60.7 Å². The van der Waals surface area contributed by atoms with Gasteiger partial charge in [-0.2, -0.15) is 0 Å². The number of carboxylic acids is 1. The maximum atomic E-state index is 14.3. The summed E-state index contributed by atoms with van der Waals surface area (Å²) in [5.74, 6) is -2.10. The molecule has 0 aliphatic carbocycles. The first-order chi connectivity index (χ1) is 17.8. The molecule has 4 aromatic rings. The number of amides is 1. The molecule has 0 saturated heterocycles. The first kappa shape index (κ1) is 24.3. The lowest BCUT2D eigenvalue weighted by Gasteiger charge is -2.17. The van der Waals surface area contributed by atoms with Crippen LogP contribution in [0.1, 0.15) is 34.1 Å². The predicted molar refractivity (Wildman–Crippen MR) is 138 cm³/mol. The molecule has 1 aromatic heterocycles. The molecule has 8 nitrogen and oxygen atoms in total. The average Bonchev–Trinajstić information content (AvgIpc) is 3.32. The topological polar surface area (TPSA) is 121 Å². The van der Waals surface area contributed by atoms with Gasteiger partial charge in [-0.3, -0.25) is 9.59 Å². The van der Waals surface area contributed by atoms with Crippen molar-refractivity contribution in [3.05, 3.63) is 88.9 Å². The number of fused-ring (bicyclic) bond motifs is 2. The second kappa shape index (κ2) is 9.94. The number of nitrogens with zero attached hydrogens (tertiary/aromatic N) is 3. The van der Waals surface area contributed by atoms with E-state index in [1.807, 2.05) is 24.3 Å². The summed E-state index contributed by atoms with van der Waals surface area (Å²) in [7, 11) is 0. The van der Waals surface area contributed by atoms with Gasteiger partial charge in [-0.05, 0) is 52.1 Å². The number of carboxylic acid groups (broad SMARTS) is 1. The molecule has 1 aliphatic rings. The van der Waals surface area contributed by atoms with Gasteiger partial charge in [0.25, 0.3) is 5.91 Å². The van der Waals surface area contributed by atoms with E-state index < -0.39 is 17.7 Å². The van der Waals surface area contributed by atoms with Crippen molar-refractivity contribution in [3.63, 3.8) is 0 Å². The maximum absolute atomic E-state index is 14.3. The van der Waals surface area contributed by atoms with E-state index in [2.05, 4.69) is 15.3 Å². The molecule has 1 aliphatic heterocycles. The number of halogens is 1. The van der Waals surface area contributed by atoms with Crippen LogP contribution < -0.4 is 11.1 Å². The molecule has 0 saturated carbocycles. The smallest absolute Gasteiger partial charge is 0.307 e. The van der Waals surface area contributed by atoms with Crippen molar-refractivity contribution < 1.29 is 19.1 Å². The van der Waals surface area contributed by atoms with E-state index >= 15 is 0 Å². The molecule has 3 aromatic carbocycles. The van der Waals surface area contributed by atoms with Crippen LogP contribution in [0.3, 0.4) is 0 Å². The van der Waals surface area contributed by atoms with Crippen LogP contribution in [0.2, 0.25) is 0 Å². The van der Waals surface area contributed by atoms with Crippen molar-refractivity contribution in [1.82, 2.24) is 20.2 Å². The van der Waals surface area contributed by atoms with Gasteiger partial charge in [0.05, 0.1) is 11.4 Å². The lowest BCUT2D eigenvalue weighted by molar-refractivity contribution is -0.140. The monoisotopic (exact) mass is 499 g/mol. The summed E-state index contributed by atoms with van der Waals surface area (Å²) >= 11 is 0. The van der Waals surface area contributed by atoms with Crippen LogP contribution >= 0.6 is 0 Å². The van der Waals surface area contributed by atoms with E-state index in [1.165, 1.54) is 12.1 Å². The largest absolute Gasteiger partial charge is 0.481 e. The Balaban J connectivity index is 1.50. The number of hydrogen-bond donors (Lipinski definition) is 3. The zero-order chi connectivity index (χ0) is 26.1. The summed E-state index contributed by atoms with van der Waals surface area (Å²) in [6, 6.07) is 17.7. The van der Waals surface area contributed by atoms with Crippen molar-refractivity contribution in [2.75, 3.05) is 12.3 Å². The minimum atomic E-state index is -0.890. The number of aliphatic carboxylic acids is 1. The van der Waals surface area contributed by atoms with E-state index in [0.717, 1.165) is 16.7 Å². The number of benzene rings is 3. The van der Waals surface area contributed by atoms with Crippen LogP contribution in [-0.4, -0.2) is 38.4 Å². The molecule has 5 rings (SSSR count). The molecule has 4 N–H and O–H groups in total. The van der Waals surface area contributed by atoms with Gasteiger partial charge in [-0.15, -0.1) is 0 Å². The standard InChI is InChI=1S/C28H26FN5O3/c1-16(27(36)37)12-31-13-18-6-8-21(29)11-22(18)17-7-9-24-23(10-17)25(33-28(30)32-24)26(35)34-14-19-4-2-3-5-20(19)15-34/h2-11,16,31H,12-15H2,1H3,(H,36,37)(H2,30,32,33). The van der Waals surface area contributed by atoms with Crippen LogP contribution in [-0.2, 0) is 24.4 Å². The fourth-order valence-corrected chi connectivity index (χ4v) is 4.59. The number of carbonyl (C=O) groups is 2. The highest BCUT2D eigenvalue weighted by molar-refractivity contribution is 6.06. The number of carbonyl (C=O) groups excluding carboxylic acids is 1. The third-order valence-electron chi connectivity index (χ3n) is 6.61. The average molecular weight is 500 g/mol. The van der Waals surface area contributed by atoms with Gasteiger partial charge in [0.2, 0.25) is 5.95 Å². The molecule has 0 spiro atoms. The van der Waals surface area contributed by atoms with E-state index in [0.29, 0.717) is 41.7 Å². The number of nitrogens with one attached hydrogen (secondary N) is 1. The highest BCUT2D eigenvalue weighted by Crippen LogP contribution is 2.31. The Hall–Kier alpha value is -4.37. The molecule has 188 valence electrons. The highest BCUT2D eigenvalue weighted by atomic mass is 19.1. The second-order valence-electron chi connectivity index (χ2n) is 9.26. The fraction of sp³-hybridized carbons (Fsp3) is 0.214. The van der Waals surface area contributed by atoms with Gasteiger partial charge in [-0.25, -0.2) is 14.4 Å². The molecule has 37 heavy (non-hydrogen) atoms. The molecular formula is C28H26FN5O3. The van der Waals surface area contributed by atoms with E-state index in [9.17, 15) is 14.0 Å². The Morgan fingerprint density at radius 2 is 1.81 bits per heavy atom. The lowest BCUT2D eigenvalue weighted by atomic mass is 9.97. The first-order valence-electron chi connectivity index (χ1n) is 12.0. The van der Waals surface area contributed by atoms with Gasteiger partial charge in [0.1, 0.15) is 11.5 Å². The van der Waals surface area contributed by atoms with Gasteiger partial charge in [0.15, 0.2) is 0 Å². The highest BCUT2D eigenvalue weighted by Gasteiger charge is 2.27. The van der Waals surface area contributed by atoms with Crippen LogP contribution in [0.4, 0.5) is 10.3 Å². The SMILES string of the molecule is CC(CNCc1ccc(F)cc1-c1ccc2nc(N)nc(C(=O)N3Cc4ccccc4C3)c2c1)C(=O)O. The van der Waals surface area contributed by atoms with Crippen LogP contribution in [0.25, 0.3) is 22.0 Å². The Bertz CT molecular complexity index is 1500. The first-order valence-corrected chi connectivity index (χ1v) is 12.0. The van der Waals surface area contributed by atoms with Crippen LogP contribution in [0, 0.1) is 11.7 Å². The van der Waals surface area contributed by atoms with Gasteiger partial charge < -0.3 is 21.1 Å². The summed E-state index contributed by atoms with van der Waals surface area (Å²) < 4.78 is 14.3. The number of hydrogen-bond acceptors (Lipinski definition) is 6. The molecule has 9 heteroatoms. The third-order valence-corrected chi connectivity index (χ3v) is 6.61. The van der Waals surface area contributed by atoms with Gasteiger partial charge in [-0.1, -0.05) is 43.3 Å². The maximum Gasteiger partial charge on any atom is 0.307 e. The normalized spacial score (nSPS) is 13.5. The number of nitrogens with two attached hydrogens (primary N) is 1. The Labute approximate surface area is 213 Å². The summed E-state index contributed by atoms with van der Waals surface area (Å²) in [5.41, 5.74) is 10.9. The lowest BCUT2D eigenvalue weighted by Crippen LogP contribution is -2.27. The molecule has 2 heterocycles. The Morgan fingerprint density at radius 1 is 1.08 bits per heavy atom. The number of rotatable bonds is 7. The molecule has 1 amide bonds. The van der Waals surface area contributed by atoms with Crippen molar-refractivity contribution in [2.24, 2.45) is 5.92 Å². The van der Waals surface area contributed by atoms with E-state index in [-0.39, 0.29) is 24.1 Å². The Morgan fingerprint density at radius 3 is 2.51 bits per heavy atom. The van der Waals surface area contributed by atoms with Crippen LogP contribution in [0.5, 0.6) is 0 Å². The summed E-state index contributed by atoms with van der Waals surface area (Å²) in [6.45, 7) is 3.20. The summed E-state index contributed by atoms with van der Waals surface area (Å²) in [6.07, 6.45) is 0. The number of aromatic nitrogens is 2. The minimum absolute atomic E-state index is 0.00325. The number of anilines is 1. The van der Waals surface area contributed by atoms with Gasteiger partial charge >= 0.3 is 5.97 Å². The zero-order valence-corrected chi connectivity index (χ0v) is 20.2. The number of nitrogen functional groups attached to an aromatic ring is 1. The quantitative estimate of drug-likeness (QED) is 0.352. The van der Waals surface area contributed by atoms with Gasteiger partial charge in [0, 0.05) is 31.6 Å². The molecule has 0 bridgehead atoms. The zero-order valence-electron chi connectivity index (χ0n) is 20.2. The Kier molecular flexibility index (Phi) is 6.54. The summed E-state index contributed by atoms with van der Waals surface area (Å²) in [5, 5.41) is 12.8. The van der Waals surface area contributed by atoms with Crippen molar-refractivity contribution in [2.45, 2.75) is 26.6 Å². The molecule has 0 radical (unpaired) electrons. The van der Waals surface area contributed by atoms with Crippen molar-refractivity contribution in [1.29, 1.82) is 0 Å². The minimum Gasteiger partial charge on any atom is -0.481 e. The molecule has 1 atom stereocenters. The predicted octanol–water partition coefficient (Wildman–Crippen LogP) is 3.98. The third kappa shape index (κ3) is 4.99. The van der Waals surface area contributed by atoms with Crippen molar-refractivity contribution in [3.8, 4) is 11.1 Å². The fourth-order valence-electron chi connectivity index (χ4n) is 4.59. The molecule has 0 fully saturated rings. The summed E-state index contributed by atoms with van der Waals surface area (Å²) in [4.78, 5) is 35.0. The van der Waals surface area contributed by atoms with E-state index in [1.54, 1.807) is 36.1 Å². The molecule has 1 unspecified atom stereocenters.